The van der Waals surface area contributed by atoms with E-state index < -0.39 is 0 Å². The van der Waals surface area contributed by atoms with Crippen molar-refractivity contribution in [2.45, 2.75) is 13.3 Å². The normalized spacial score (nSPS) is 11.7. The first kappa shape index (κ1) is 12.9. The van der Waals surface area contributed by atoms with Gasteiger partial charge >= 0.3 is 0 Å². The highest BCUT2D eigenvalue weighted by Gasteiger charge is 2.04. The molecule has 19 heavy (non-hydrogen) atoms. The Morgan fingerprint density at radius 3 is 2.79 bits per heavy atom. The number of hydrogen-bond acceptors (Lipinski definition) is 1. The van der Waals surface area contributed by atoms with Gasteiger partial charge in [-0.25, -0.2) is 0 Å². The molecule has 0 atom stereocenters. The van der Waals surface area contributed by atoms with Crippen molar-refractivity contribution in [2.75, 3.05) is 6.54 Å². The van der Waals surface area contributed by atoms with E-state index in [1.165, 1.54) is 22.0 Å². The van der Waals surface area contributed by atoms with Crippen LogP contribution in [-0.4, -0.2) is 23.4 Å². The number of nitrogens with two attached hydrogens (primary N) is 3. The zero-order valence-electron chi connectivity index (χ0n) is 10.9. The molecule has 0 aliphatic carbocycles. The highest BCUT2D eigenvalue weighted by molar-refractivity contribution is 5.92. The lowest BCUT2D eigenvalue weighted by molar-refractivity contribution is 0.969. The first-order chi connectivity index (χ1) is 9.08. The van der Waals surface area contributed by atoms with Crippen molar-refractivity contribution in [3.8, 4) is 0 Å². The van der Waals surface area contributed by atoms with E-state index in [1.54, 1.807) is 0 Å². The number of hydrogen-bond donors (Lipinski definition) is 4. The molecule has 0 bridgehead atoms. The summed E-state index contributed by atoms with van der Waals surface area (Å²) in [6.45, 7) is 2.63. The van der Waals surface area contributed by atoms with Gasteiger partial charge < -0.3 is 22.2 Å². The zero-order chi connectivity index (χ0) is 13.8. The summed E-state index contributed by atoms with van der Waals surface area (Å²) in [5.74, 6) is 0.0278. The fourth-order valence-corrected chi connectivity index (χ4v) is 2.03. The maximum Gasteiger partial charge on any atom is 0.218 e. The van der Waals surface area contributed by atoms with Crippen LogP contribution in [0.4, 0.5) is 0 Å². The smallest absolute Gasteiger partial charge is 0.218 e. The van der Waals surface area contributed by atoms with Gasteiger partial charge in [-0.05, 0) is 24.5 Å². The Labute approximate surface area is 111 Å². The van der Waals surface area contributed by atoms with E-state index >= 15 is 0 Å². The molecule has 0 aliphatic rings. The average Bonchev–Trinajstić information content (AvgIpc) is 2.73. The largest absolute Gasteiger partial charge is 0.370 e. The van der Waals surface area contributed by atoms with E-state index in [9.17, 15) is 0 Å². The van der Waals surface area contributed by atoms with E-state index in [2.05, 4.69) is 34.0 Å². The monoisotopic (exact) mass is 258 g/mol. The second kappa shape index (κ2) is 5.43. The standard InChI is InChI=1S/C13H18N6/c1-8-3-2-4-10-9(7-18-11(8)10)5-6-17-13(16)19-12(14)15/h2-4,7,18H,5-6H2,1H3,(H6,14,15,16,17,19). The Hall–Kier alpha value is -2.50. The minimum atomic E-state index is -0.0797. The third-order valence-electron chi connectivity index (χ3n) is 2.91. The summed E-state index contributed by atoms with van der Waals surface area (Å²) < 4.78 is 0. The van der Waals surface area contributed by atoms with Crippen LogP contribution >= 0.6 is 0 Å². The van der Waals surface area contributed by atoms with E-state index in [-0.39, 0.29) is 11.9 Å². The number of fused-ring (bicyclic) bond motifs is 1. The molecule has 1 aromatic carbocycles. The molecule has 0 spiro atoms. The fraction of sp³-hybridized carbons (Fsp3) is 0.231. The van der Waals surface area contributed by atoms with E-state index in [0.29, 0.717) is 6.54 Å². The summed E-state index contributed by atoms with van der Waals surface area (Å²) in [5.41, 5.74) is 19.6. The minimum absolute atomic E-state index is 0.0797. The van der Waals surface area contributed by atoms with Crippen molar-refractivity contribution in [1.29, 1.82) is 0 Å². The number of H-pyrrole nitrogens is 1. The van der Waals surface area contributed by atoms with Crippen molar-refractivity contribution in [1.82, 2.24) is 4.98 Å². The third-order valence-corrected chi connectivity index (χ3v) is 2.91. The van der Waals surface area contributed by atoms with Crippen LogP contribution < -0.4 is 17.2 Å². The van der Waals surface area contributed by atoms with Gasteiger partial charge in [-0.15, -0.1) is 0 Å². The van der Waals surface area contributed by atoms with Crippen LogP contribution in [0.15, 0.2) is 34.4 Å². The van der Waals surface area contributed by atoms with Gasteiger partial charge in [-0.2, -0.15) is 4.99 Å². The van der Waals surface area contributed by atoms with Crippen LogP contribution in [0.5, 0.6) is 0 Å². The number of rotatable bonds is 3. The molecule has 2 rings (SSSR count). The van der Waals surface area contributed by atoms with Crippen molar-refractivity contribution in [3.05, 3.63) is 35.5 Å². The van der Waals surface area contributed by atoms with E-state index in [0.717, 1.165) is 6.42 Å². The molecule has 0 aliphatic heterocycles. The molecule has 0 saturated carbocycles. The summed E-state index contributed by atoms with van der Waals surface area (Å²) in [7, 11) is 0. The molecule has 100 valence electrons. The number of guanidine groups is 2. The molecule has 0 radical (unpaired) electrons. The fourth-order valence-electron chi connectivity index (χ4n) is 2.03. The second-order valence-corrected chi connectivity index (χ2v) is 4.34. The van der Waals surface area contributed by atoms with Crippen molar-refractivity contribution >= 4 is 22.8 Å². The highest BCUT2D eigenvalue weighted by Crippen LogP contribution is 2.21. The van der Waals surface area contributed by atoms with Gasteiger partial charge in [0, 0.05) is 23.6 Å². The number of nitrogens with zero attached hydrogens (tertiary/aromatic N) is 2. The SMILES string of the molecule is Cc1cccc2c(CCN=C(N)N=C(N)N)c[nH]c12. The predicted octanol–water partition coefficient (Wildman–Crippen LogP) is 0.607. The van der Waals surface area contributed by atoms with Crippen LogP contribution in [0.25, 0.3) is 10.9 Å². The number of nitrogens with one attached hydrogen (secondary N) is 1. The van der Waals surface area contributed by atoms with Gasteiger partial charge in [0.25, 0.3) is 0 Å². The average molecular weight is 258 g/mol. The van der Waals surface area contributed by atoms with Gasteiger partial charge in [0.2, 0.25) is 5.96 Å². The first-order valence-corrected chi connectivity index (χ1v) is 6.03. The van der Waals surface area contributed by atoms with Crippen LogP contribution in [0.3, 0.4) is 0 Å². The first-order valence-electron chi connectivity index (χ1n) is 6.03. The molecule has 0 saturated heterocycles. The van der Waals surface area contributed by atoms with Crippen molar-refractivity contribution in [2.24, 2.45) is 27.2 Å². The quantitative estimate of drug-likeness (QED) is 0.477. The molecule has 6 heteroatoms. The number of para-hydroxylation sites is 1. The van der Waals surface area contributed by atoms with Crippen LogP contribution in [-0.2, 0) is 6.42 Å². The van der Waals surface area contributed by atoms with E-state index in [1.807, 2.05) is 12.3 Å². The second-order valence-electron chi connectivity index (χ2n) is 4.34. The molecule has 2 aromatic rings. The number of aryl methyl sites for hydroxylation is 1. The number of aliphatic imine (C=N–C) groups is 2. The van der Waals surface area contributed by atoms with Crippen LogP contribution in [0.2, 0.25) is 0 Å². The van der Waals surface area contributed by atoms with Crippen LogP contribution in [0, 0.1) is 6.92 Å². The van der Waals surface area contributed by atoms with E-state index in [4.69, 9.17) is 17.2 Å². The number of aromatic nitrogens is 1. The molecule has 0 amide bonds. The number of benzene rings is 1. The van der Waals surface area contributed by atoms with Gasteiger partial charge in [-0.1, -0.05) is 18.2 Å². The Morgan fingerprint density at radius 1 is 1.26 bits per heavy atom. The Balaban J connectivity index is 2.11. The lowest BCUT2D eigenvalue weighted by atomic mass is 10.1. The summed E-state index contributed by atoms with van der Waals surface area (Å²) in [6, 6.07) is 6.22. The molecule has 1 heterocycles. The van der Waals surface area contributed by atoms with Crippen molar-refractivity contribution in [3.63, 3.8) is 0 Å². The Kier molecular flexibility index (Phi) is 3.70. The molecular formula is C13H18N6. The topological polar surface area (TPSA) is 119 Å². The molecular weight excluding hydrogens is 240 g/mol. The zero-order valence-corrected chi connectivity index (χ0v) is 10.9. The Bertz CT molecular complexity index is 634. The molecule has 0 unspecified atom stereocenters. The molecule has 7 N–H and O–H groups in total. The summed E-state index contributed by atoms with van der Waals surface area (Å²) >= 11 is 0. The lowest BCUT2D eigenvalue weighted by Crippen LogP contribution is -2.26. The Morgan fingerprint density at radius 2 is 2.05 bits per heavy atom. The minimum Gasteiger partial charge on any atom is -0.370 e. The van der Waals surface area contributed by atoms with Gasteiger partial charge in [0.1, 0.15) is 0 Å². The summed E-state index contributed by atoms with van der Waals surface area (Å²) in [4.78, 5) is 11.0. The summed E-state index contributed by atoms with van der Waals surface area (Å²) in [6.07, 6.45) is 2.79. The van der Waals surface area contributed by atoms with Crippen LogP contribution in [0.1, 0.15) is 11.1 Å². The molecule has 0 fully saturated rings. The van der Waals surface area contributed by atoms with Crippen molar-refractivity contribution < 1.29 is 0 Å². The molecule has 6 nitrogen and oxygen atoms in total. The predicted molar refractivity (Wildman–Crippen MR) is 79.0 cm³/mol. The molecule has 1 aromatic heterocycles. The number of aromatic amines is 1. The summed E-state index contributed by atoms with van der Waals surface area (Å²) in [5, 5.41) is 1.22. The lowest BCUT2D eigenvalue weighted by Gasteiger charge is -1.99. The van der Waals surface area contributed by atoms with Gasteiger partial charge in [0.05, 0.1) is 0 Å². The maximum absolute atomic E-state index is 5.55. The third kappa shape index (κ3) is 3.04. The van der Waals surface area contributed by atoms with Gasteiger partial charge in [0.15, 0.2) is 5.96 Å². The maximum atomic E-state index is 5.55. The highest BCUT2D eigenvalue weighted by atomic mass is 15.1. The van der Waals surface area contributed by atoms with Gasteiger partial charge in [-0.3, -0.25) is 4.99 Å².